The van der Waals surface area contributed by atoms with Crippen molar-refractivity contribution in [3.63, 3.8) is 0 Å². The van der Waals surface area contributed by atoms with E-state index in [1.54, 1.807) is 18.2 Å². The summed E-state index contributed by atoms with van der Waals surface area (Å²) in [5, 5.41) is 9.25. The number of hydrogen-bond acceptors (Lipinski definition) is 4. The molecule has 0 spiro atoms. The molecule has 1 unspecified atom stereocenters. The van der Waals surface area contributed by atoms with Crippen molar-refractivity contribution in [1.29, 1.82) is 0 Å². The Hall–Kier alpha value is -1.75. The zero-order chi connectivity index (χ0) is 13.1. The highest BCUT2D eigenvalue weighted by Gasteiger charge is 2.24. The number of rotatable bonds is 3. The van der Waals surface area contributed by atoms with Gasteiger partial charge < -0.3 is 21.5 Å². The summed E-state index contributed by atoms with van der Waals surface area (Å²) in [6.07, 6.45) is 1.99. The zero-order valence-corrected chi connectivity index (χ0v) is 10.3. The summed E-state index contributed by atoms with van der Waals surface area (Å²) in [6, 6.07) is 5.19. The van der Waals surface area contributed by atoms with E-state index in [4.69, 9.17) is 11.5 Å². The molecule has 18 heavy (non-hydrogen) atoms. The van der Waals surface area contributed by atoms with Crippen molar-refractivity contribution >= 4 is 17.3 Å². The van der Waals surface area contributed by atoms with Crippen LogP contribution >= 0.6 is 0 Å². The van der Waals surface area contributed by atoms with Crippen molar-refractivity contribution in [2.24, 2.45) is 11.7 Å². The molecule has 0 aliphatic carbocycles. The fraction of sp³-hybridized carbons (Fsp3) is 0.462. The van der Waals surface area contributed by atoms with E-state index in [1.165, 1.54) is 0 Å². The number of nitrogens with zero attached hydrogens (tertiary/aromatic N) is 1. The maximum atomic E-state index is 11.5. The Morgan fingerprint density at radius 2 is 2.28 bits per heavy atom. The first kappa shape index (κ1) is 12.7. The lowest BCUT2D eigenvalue weighted by Crippen LogP contribution is -2.38. The van der Waals surface area contributed by atoms with Gasteiger partial charge in [-0.1, -0.05) is 6.07 Å². The topological polar surface area (TPSA) is 92.6 Å². The van der Waals surface area contributed by atoms with Gasteiger partial charge in [-0.05, 0) is 30.9 Å². The summed E-state index contributed by atoms with van der Waals surface area (Å²) < 4.78 is 0. The highest BCUT2D eigenvalue weighted by atomic mass is 16.3. The quantitative estimate of drug-likeness (QED) is 0.683. The first-order valence-corrected chi connectivity index (χ1v) is 6.17. The van der Waals surface area contributed by atoms with Crippen LogP contribution in [0.2, 0.25) is 0 Å². The van der Waals surface area contributed by atoms with E-state index in [-0.39, 0.29) is 12.5 Å². The fourth-order valence-corrected chi connectivity index (χ4v) is 2.53. The molecule has 1 aliphatic rings. The SMILES string of the molecule is NC(=O)c1cccc(N)c1N1CCCC(CO)C1. The molecule has 98 valence electrons. The van der Waals surface area contributed by atoms with Crippen LogP contribution in [0.1, 0.15) is 23.2 Å². The van der Waals surface area contributed by atoms with Crippen molar-refractivity contribution in [2.75, 3.05) is 30.3 Å². The maximum absolute atomic E-state index is 11.5. The minimum absolute atomic E-state index is 0.162. The number of carbonyl (C=O) groups excluding carboxylic acids is 1. The summed E-state index contributed by atoms with van der Waals surface area (Å²) in [4.78, 5) is 13.5. The van der Waals surface area contributed by atoms with E-state index in [0.29, 0.717) is 23.5 Å². The van der Waals surface area contributed by atoms with Gasteiger partial charge in [0.15, 0.2) is 0 Å². The van der Waals surface area contributed by atoms with Gasteiger partial charge in [0.2, 0.25) is 0 Å². The van der Waals surface area contributed by atoms with Crippen LogP contribution in [-0.4, -0.2) is 30.7 Å². The van der Waals surface area contributed by atoms with Crippen molar-refractivity contribution < 1.29 is 9.90 Å². The third-order valence-electron chi connectivity index (χ3n) is 3.43. The minimum atomic E-state index is -0.469. The second kappa shape index (κ2) is 5.27. The first-order chi connectivity index (χ1) is 8.63. The average Bonchev–Trinajstić information content (AvgIpc) is 2.38. The number of hydrogen-bond donors (Lipinski definition) is 3. The summed E-state index contributed by atoms with van der Waals surface area (Å²) in [5.41, 5.74) is 13.1. The maximum Gasteiger partial charge on any atom is 0.250 e. The van der Waals surface area contributed by atoms with E-state index in [2.05, 4.69) is 4.90 Å². The minimum Gasteiger partial charge on any atom is -0.397 e. The van der Waals surface area contributed by atoms with Gasteiger partial charge in [0.05, 0.1) is 16.9 Å². The van der Waals surface area contributed by atoms with Gasteiger partial charge in [0.1, 0.15) is 0 Å². The molecular formula is C13H19N3O2. The molecule has 1 fully saturated rings. The highest BCUT2D eigenvalue weighted by Crippen LogP contribution is 2.31. The third-order valence-corrected chi connectivity index (χ3v) is 3.43. The standard InChI is InChI=1S/C13H19N3O2/c14-11-5-1-4-10(13(15)18)12(11)16-6-2-3-9(7-16)8-17/h1,4-5,9,17H,2-3,6-8,14H2,(H2,15,18). The number of carbonyl (C=O) groups is 1. The molecule has 5 heteroatoms. The number of para-hydroxylation sites is 1. The number of primary amides is 1. The van der Waals surface area contributed by atoms with Crippen molar-refractivity contribution in [3.05, 3.63) is 23.8 Å². The predicted molar refractivity (Wildman–Crippen MR) is 71.4 cm³/mol. The normalized spacial score (nSPS) is 19.8. The number of aliphatic hydroxyl groups is 1. The predicted octanol–water partition coefficient (Wildman–Crippen LogP) is 0.576. The van der Waals surface area contributed by atoms with Crippen LogP contribution in [-0.2, 0) is 0 Å². The zero-order valence-electron chi connectivity index (χ0n) is 10.3. The summed E-state index contributed by atoms with van der Waals surface area (Å²) >= 11 is 0. The Kier molecular flexibility index (Phi) is 3.72. The molecule has 0 saturated carbocycles. The number of aliphatic hydroxyl groups excluding tert-OH is 1. The first-order valence-electron chi connectivity index (χ1n) is 6.17. The molecule has 0 radical (unpaired) electrons. The van der Waals surface area contributed by atoms with Crippen LogP contribution in [0.3, 0.4) is 0 Å². The summed E-state index contributed by atoms with van der Waals surface area (Å²) in [5.74, 6) is -0.234. The number of piperidine rings is 1. The fourth-order valence-electron chi connectivity index (χ4n) is 2.53. The van der Waals surface area contributed by atoms with E-state index in [0.717, 1.165) is 19.4 Å². The van der Waals surface area contributed by atoms with Crippen LogP contribution in [0, 0.1) is 5.92 Å². The Bertz CT molecular complexity index is 448. The molecule has 5 N–H and O–H groups in total. The van der Waals surface area contributed by atoms with Gasteiger partial charge in [-0.25, -0.2) is 0 Å². The molecule has 1 saturated heterocycles. The summed E-state index contributed by atoms with van der Waals surface area (Å²) in [7, 11) is 0. The molecule has 0 bridgehead atoms. The van der Waals surface area contributed by atoms with Crippen molar-refractivity contribution in [1.82, 2.24) is 0 Å². The molecule has 1 aromatic carbocycles. The Labute approximate surface area is 106 Å². The third kappa shape index (κ3) is 2.41. The summed E-state index contributed by atoms with van der Waals surface area (Å²) in [6.45, 7) is 1.71. The van der Waals surface area contributed by atoms with Gasteiger partial charge in [-0.2, -0.15) is 0 Å². The van der Waals surface area contributed by atoms with Gasteiger partial charge in [-0.15, -0.1) is 0 Å². The van der Waals surface area contributed by atoms with E-state index in [1.807, 2.05) is 0 Å². The number of nitrogens with two attached hydrogens (primary N) is 2. The molecule has 1 aliphatic heterocycles. The van der Waals surface area contributed by atoms with Crippen molar-refractivity contribution in [2.45, 2.75) is 12.8 Å². The molecule has 1 aromatic rings. The Morgan fingerprint density at radius 1 is 1.50 bits per heavy atom. The van der Waals surface area contributed by atoms with E-state index < -0.39 is 5.91 Å². The van der Waals surface area contributed by atoms with Gasteiger partial charge >= 0.3 is 0 Å². The van der Waals surface area contributed by atoms with E-state index >= 15 is 0 Å². The second-order valence-electron chi connectivity index (χ2n) is 4.74. The monoisotopic (exact) mass is 249 g/mol. The lowest BCUT2D eigenvalue weighted by Gasteiger charge is -2.35. The molecule has 0 aromatic heterocycles. The number of nitrogen functional groups attached to an aromatic ring is 1. The van der Waals surface area contributed by atoms with Gasteiger partial charge in [0.25, 0.3) is 5.91 Å². The van der Waals surface area contributed by atoms with E-state index in [9.17, 15) is 9.90 Å². The second-order valence-corrected chi connectivity index (χ2v) is 4.74. The largest absolute Gasteiger partial charge is 0.397 e. The van der Waals surface area contributed by atoms with Crippen LogP contribution < -0.4 is 16.4 Å². The van der Waals surface area contributed by atoms with Crippen LogP contribution in [0.25, 0.3) is 0 Å². The lowest BCUT2D eigenvalue weighted by atomic mass is 9.97. The van der Waals surface area contributed by atoms with Crippen molar-refractivity contribution in [3.8, 4) is 0 Å². The van der Waals surface area contributed by atoms with Crippen LogP contribution in [0.15, 0.2) is 18.2 Å². The van der Waals surface area contributed by atoms with Gasteiger partial charge in [0, 0.05) is 19.7 Å². The smallest absolute Gasteiger partial charge is 0.250 e. The molecule has 2 rings (SSSR count). The molecular weight excluding hydrogens is 230 g/mol. The van der Waals surface area contributed by atoms with Gasteiger partial charge in [-0.3, -0.25) is 4.79 Å². The van der Waals surface area contributed by atoms with Crippen LogP contribution in [0.4, 0.5) is 11.4 Å². The average molecular weight is 249 g/mol. The molecule has 1 atom stereocenters. The molecule has 5 nitrogen and oxygen atoms in total. The lowest BCUT2D eigenvalue weighted by molar-refractivity contribution is 0.100. The Morgan fingerprint density at radius 3 is 2.94 bits per heavy atom. The number of anilines is 2. The molecule has 1 heterocycles. The molecule has 1 amide bonds. The Balaban J connectivity index is 2.34. The highest BCUT2D eigenvalue weighted by molar-refractivity contribution is 6.01. The van der Waals surface area contributed by atoms with Crippen LogP contribution in [0.5, 0.6) is 0 Å². The number of benzene rings is 1. The number of amides is 1.